The van der Waals surface area contributed by atoms with E-state index in [1.54, 1.807) is 0 Å². The van der Waals surface area contributed by atoms with E-state index in [-0.39, 0.29) is 6.71 Å². The van der Waals surface area contributed by atoms with Gasteiger partial charge >= 0.3 is 0 Å². The molecule has 0 radical (unpaired) electrons. The molecule has 0 atom stereocenters. The van der Waals surface area contributed by atoms with Crippen LogP contribution >= 0.6 is 0 Å². The van der Waals surface area contributed by atoms with E-state index in [2.05, 4.69) is 141 Å². The van der Waals surface area contributed by atoms with Crippen molar-refractivity contribution in [3.05, 3.63) is 129 Å². The van der Waals surface area contributed by atoms with Crippen molar-refractivity contribution in [2.75, 3.05) is 0 Å². The van der Waals surface area contributed by atoms with Crippen molar-refractivity contribution >= 4 is 23.1 Å². The second kappa shape index (κ2) is 10.9. The lowest BCUT2D eigenvalue weighted by Crippen LogP contribution is -2.56. The molecule has 0 saturated carbocycles. The predicted molar refractivity (Wildman–Crippen MR) is 175 cm³/mol. The number of aryl methyl sites for hydroxylation is 9. The van der Waals surface area contributed by atoms with Gasteiger partial charge in [-0.25, -0.2) is 0 Å². The van der Waals surface area contributed by atoms with E-state index in [0.29, 0.717) is 0 Å². The fourth-order valence-corrected chi connectivity index (χ4v) is 7.04. The molecular weight excluding hydrogens is 481 g/mol. The molecule has 40 heavy (non-hydrogen) atoms. The molecular formula is C38H40BN. The highest BCUT2D eigenvalue weighted by Crippen LogP contribution is 2.35. The molecule has 200 valence electrons. The first-order valence-electron chi connectivity index (χ1n) is 14.3. The lowest BCUT2D eigenvalue weighted by atomic mass is 9.34. The summed E-state index contributed by atoms with van der Waals surface area (Å²) in [5.41, 5.74) is 20.6. The molecule has 4 aromatic carbocycles. The minimum absolute atomic E-state index is 0.125. The molecule has 0 aliphatic rings. The summed E-state index contributed by atoms with van der Waals surface area (Å²) < 4.78 is 0. The quantitative estimate of drug-likeness (QED) is 0.216. The monoisotopic (exact) mass is 521 g/mol. The normalized spacial score (nSPS) is 11.1. The Labute approximate surface area is 241 Å². The van der Waals surface area contributed by atoms with Crippen molar-refractivity contribution in [1.82, 2.24) is 4.98 Å². The van der Waals surface area contributed by atoms with Crippen LogP contribution < -0.4 is 16.4 Å². The molecule has 0 aliphatic carbocycles. The van der Waals surface area contributed by atoms with Gasteiger partial charge in [-0.1, -0.05) is 122 Å². The first-order chi connectivity index (χ1) is 19.0. The molecule has 2 heteroatoms. The van der Waals surface area contributed by atoms with Gasteiger partial charge in [0.15, 0.2) is 0 Å². The van der Waals surface area contributed by atoms with Gasteiger partial charge in [0.1, 0.15) is 0 Å². The maximum atomic E-state index is 5.14. The van der Waals surface area contributed by atoms with Gasteiger partial charge in [-0.3, -0.25) is 4.98 Å². The first kappa shape index (κ1) is 27.7. The highest BCUT2D eigenvalue weighted by molar-refractivity contribution is 6.96. The van der Waals surface area contributed by atoms with Crippen LogP contribution in [-0.2, 0) is 0 Å². The topological polar surface area (TPSA) is 12.9 Å². The van der Waals surface area contributed by atoms with E-state index in [0.717, 1.165) is 5.69 Å². The van der Waals surface area contributed by atoms with E-state index in [1.807, 2.05) is 0 Å². The summed E-state index contributed by atoms with van der Waals surface area (Å²) in [6.45, 7) is 20.1. The van der Waals surface area contributed by atoms with Crippen molar-refractivity contribution in [3.63, 3.8) is 0 Å². The second-order valence-corrected chi connectivity index (χ2v) is 11.9. The SMILES string of the molecule is Cc1cc(C)c(B(c2ccc(-c3ccccc3-c3c(C)cc(C)cc3C)nc2)c2c(C)cc(C)cc2C)c(C)c1. The van der Waals surface area contributed by atoms with Crippen LogP contribution in [0.25, 0.3) is 22.4 Å². The standard InChI is InChI=1S/C38H40BN/c1-23-16-26(4)36(27(5)17-23)34-13-11-10-12-33(34)35-15-14-32(22-40-35)39(37-28(6)18-24(2)19-29(37)7)38-30(8)20-25(3)21-31(38)9/h10-22H,1-9H3. The van der Waals surface area contributed by atoms with Crippen LogP contribution in [0, 0.1) is 62.3 Å². The van der Waals surface area contributed by atoms with Gasteiger partial charge in [0.05, 0.1) is 5.69 Å². The van der Waals surface area contributed by atoms with Gasteiger partial charge in [-0.15, -0.1) is 0 Å². The molecule has 1 nitrogen and oxygen atoms in total. The van der Waals surface area contributed by atoms with Crippen LogP contribution in [0.4, 0.5) is 0 Å². The fraction of sp³-hybridized carbons (Fsp3) is 0.237. The minimum Gasteiger partial charge on any atom is -0.257 e. The van der Waals surface area contributed by atoms with E-state index in [9.17, 15) is 0 Å². The number of pyridine rings is 1. The zero-order valence-corrected chi connectivity index (χ0v) is 25.5. The Morgan fingerprint density at radius 1 is 0.475 bits per heavy atom. The highest BCUT2D eigenvalue weighted by Gasteiger charge is 2.29. The Morgan fingerprint density at radius 3 is 1.32 bits per heavy atom. The molecule has 5 aromatic rings. The summed E-state index contributed by atoms with van der Waals surface area (Å²) in [6.07, 6.45) is 2.11. The Bertz CT molecular complexity index is 1600. The lowest BCUT2D eigenvalue weighted by molar-refractivity contribution is 1.31. The fourth-order valence-electron chi connectivity index (χ4n) is 7.04. The molecule has 0 fully saturated rings. The molecule has 0 spiro atoms. The molecule has 0 unspecified atom stereocenters. The van der Waals surface area contributed by atoms with Crippen LogP contribution in [0.3, 0.4) is 0 Å². The summed E-state index contributed by atoms with van der Waals surface area (Å²) in [6, 6.07) is 27.0. The summed E-state index contributed by atoms with van der Waals surface area (Å²) >= 11 is 0. The average molecular weight is 522 g/mol. The highest BCUT2D eigenvalue weighted by atomic mass is 14.7. The van der Waals surface area contributed by atoms with Crippen LogP contribution in [0.5, 0.6) is 0 Å². The van der Waals surface area contributed by atoms with Gasteiger partial charge < -0.3 is 0 Å². The number of nitrogens with zero attached hydrogens (tertiary/aromatic N) is 1. The van der Waals surface area contributed by atoms with Gasteiger partial charge in [0, 0.05) is 11.8 Å². The van der Waals surface area contributed by atoms with Crippen molar-refractivity contribution in [3.8, 4) is 22.4 Å². The number of aromatic nitrogens is 1. The van der Waals surface area contributed by atoms with Gasteiger partial charge in [-0.2, -0.15) is 0 Å². The molecule has 1 aromatic heterocycles. The second-order valence-electron chi connectivity index (χ2n) is 11.9. The van der Waals surface area contributed by atoms with Crippen molar-refractivity contribution in [2.45, 2.75) is 62.3 Å². The summed E-state index contributed by atoms with van der Waals surface area (Å²) in [7, 11) is 0. The number of benzene rings is 4. The van der Waals surface area contributed by atoms with Crippen molar-refractivity contribution in [2.24, 2.45) is 0 Å². The summed E-state index contributed by atoms with van der Waals surface area (Å²) in [5, 5.41) is 0. The van der Waals surface area contributed by atoms with Crippen LogP contribution in [0.2, 0.25) is 0 Å². The Balaban J connectivity index is 1.68. The van der Waals surface area contributed by atoms with E-state index in [1.165, 1.54) is 83.1 Å². The van der Waals surface area contributed by atoms with Gasteiger partial charge in [0.25, 0.3) is 0 Å². The molecule has 0 aliphatic heterocycles. The lowest BCUT2D eigenvalue weighted by Gasteiger charge is -2.24. The third-order valence-electron chi connectivity index (χ3n) is 8.32. The number of rotatable bonds is 5. The Hall–Kier alpha value is -3.91. The van der Waals surface area contributed by atoms with Crippen molar-refractivity contribution < 1.29 is 0 Å². The Morgan fingerprint density at radius 2 is 0.900 bits per heavy atom. The molecule has 0 saturated heterocycles. The van der Waals surface area contributed by atoms with Crippen LogP contribution in [-0.4, -0.2) is 11.7 Å². The summed E-state index contributed by atoms with van der Waals surface area (Å²) in [5.74, 6) is 0. The van der Waals surface area contributed by atoms with E-state index >= 15 is 0 Å². The zero-order valence-electron chi connectivity index (χ0n) is 25.5. The van der Waals surface area contributed by atoms with E-state index < -0.39 is 0 Å². The summed E-state index contributed by atoms with van der Waals surface area (Å²) in [4.78, 5) is 5.14. The Kier molecular flexibility index (Phi) is 7.56. The minimum atomic E-state index is 0.125. The average Bonchev–Trinajstić information content (AvgIpc) is 2.86. The first-order valence-corrected chi connectivity index (χ1v) is 14.3. The van der Waals surface area contributed by atoms with Crippen LogP contribution in [0.15, 0.2) is 79.0 Å². The maximum absolute atomic E-state index is 5.14. The molecule has 0 bridgehead atoms. The number of hydrogen-bond acceptors (Lipinski definition) is 1. The number of hydrogen-bond donors (Lipinski definition) is 0. The molecule has 0 amide bonds. The van der Waals surface area contributed by atoms with Gasteiger partial charge in [-0.05, 0) is 90.6 Å². The molecule has 1 heterocycles. The van der Waals surface area contributed by atoms with Crippen LogP contribution in [0.1, 0.15) is 50.1 Å². The third kappa shape index (κ3) is 5.16. The predicted octanol–water partition coefficient (Wildman–Crippen LogP) is 7.71. The molecule has 0 N–H and O–H groups in total. The maximum Gasteiger partial charge on any atom is 0.244 e. The van der Waals surface area contributed by atoms with Gasteiger partial charge in [0.2, 0.25) is 6.71 Å². The molecule has 5 rings (SSSR count). The smallest absolute Gasteiger partial charge is 0.244 e. The third-order valence-corrected chi connectivity index (χ3v) is 8.32. The zero-order chi connectivity index (χ0) is 28.7. The largest absolute Gasteiger partial charge is 0.257 e. The van der Waals surface area contributed by atoms with E-state index in [4.69, 9.17) is 4.98 Å². The van der Waals surface area contributed by atoms with Crippen molar-refractivity contribution in [1.29, 1.82) is 0 Å².